The molecule has 1 atom stereocenters. The largest absolute Gasteiger partial charge is 0.497 e. The number of aliphatic carboxylic acids is 1. The molecule has 0 spiro atoms. The molecule has 1 fully saturated rings. The average molecular weight is 303 g/mol. The van der Waals surface area contributed by atoms with E-state index in [1.54, 1.807) is 18.1 Å². The van der Waals surface area contributed by atoms with Gasteiger partial charge in [-0.15, -0.1) is 0 Å². The van der Waals surface area contributed by atoms with Gasteiger partial charge >= 0.3 is 5.97 Å². The number of carboxylic acids is 1. The first kappa shape index (κ1) is 16.1. The van der Waals surface area contributed by atoms with Crippen LogP contribution in [0.3, 0.4) is 0 Å². The lowest BCUT2D eigenvalue weighted by Crippen LogP contribution is -2.41. The minimum Gasteiger partial charge on any atom is -0.497 e. The topological polar surface area (TPSA) is 66.8 Å². The Morgan fingerprint density at radius 3 is 2.86 bits per heavy atom. The number of rotatable bonds is 4. The molecule has 1 aliphatic rings. The molecule has 1 heterocycles. The molecule has 118 valence electrons. The Labute approximate surface area is 130 Å². The van der Waals surface area contributed by atoms with Gasteiger partial charge in [0.2, 0.25) is 5.91 Å². The number of likely N-dealkylation sites (tertiary alicyclic amines) is 1. The van der Waals surface area contributed by atoms with E-state index in [0.717, 1.165) is 23.3 Å². The number of amides is 1. The van der Waals surface area contributed by atoms with Crippen LogP contribution in [0.2, 0.25) is 0 Å². The summed E-state index contributed by atoms with van der Waals surface area (Å²) in [5.41, 5.74) is 1.75. The van der Waals surface area contributed by atoms with Gasteiger partial charge in [0.1, 0.15) is 5.75 Å². The van der Waals surface area contributed by atoms with Gasteiger partial charge in [-0.05, 0) is 43.0 Å². The van der Waals surface area contributed by atoms with Gasteiger partial charge in [-0.2, -0.15) is 0 Å². The van der Waals surface area contributed by atoms with E-state index >= 15 is 0 Å². The highest BCUT2D eigenvalue weighted by Gasteiger charge is 2.27. The van der Waals surface area contributed by atoms with Crippen molar-refractivity contribution in [1.82, 2.24) is 4.90 Å². The summed E-state index contributed by atoms with van der Waals surface area (Å²) in [7, 11) is 1.60. The summed E-state index contributed by atoms with van der Waals surface area (Å²) in [5, 5.41) is 9.09. The summed E-state index contributed by atoms with van der Waals surface area (Å²) in [4.78, 5) is 25.0. The normalized spacial score (nSPS) is 18.9. The number of benzene rings is 1. The van der Waals surface area contributed by atoms with Crippen molar-refractivity contribution in [3.63, 3.8) is 0 Å². The zero-order chi connectivity index (χ0) is 16.1. The average Bonchev–Trinajstić information content (AvgIpc) is 2.54. The fraction of sp³-hybridized carbons (Fsp3) is 0.412. The molecule has 0 bridgehead atoms. The molecule has 1 amide bonds. The zero-order valence-electron chi connectivity index (χ0n) is 12.9. The number of carbonyl (C=O) groups is 2. The van der Waals surface area contributed by atoms with Crippen molar-refractivity contribution in [2.24, 2.45) is 5.92 Å². The highest BCUT2D eigenvalue weighted by molar-refractivity contribution is 5.95. The lowest BCUT2D eigenvalue weighted by Gasteiger charge is -2.30. The molecule has 1 aliphatic heterocycles. The first-order valence-corrected chi connectivity index (χ1v) is 7.35. The van der Waals surface area contributed by atoms with Crippen LogP contribution in [0.4, 0.5) is 0 Å². The van der Waals surface area contributed by atoms with E-state index in [1.165, 1.54) is 0 Å². The van der Waals surface area contributed by atoms with Crippen LogP contribution < -0.4 is 4.74 Å². The Kier molecular flexibility index (Phi) is 5.20. The van der Waals surface area contributed by atoms with Gasteiger partial charge in [0, 0.05) is 19.2 Å². The van der Waals surface area contributed by atoms with Crippen LogP contribution in [-0.4, -0.2) is 42.1 Å². The van der Waals surface area contributed by atoms with E-state index in [2.05, 4.69) is 0 Å². The standard InChI is InChI=1S/C17H21NO4/c1-12(13-5-3-7-15(10-13)22-2)9-16(19)18-8-4-6-14(11-18)17(20)21/h3,5,7,9-10,14H,4,6,8,11H2,1-2H3,(H,20,21)/b12-9+. The van der Waals surface area contributed by atoms with E-state index < -0.39 is 11.9 Å². The minimum atomic E-state index is -0.828. The summed E-state index contributed by atoms with van der Waals surface area (Å²) >= 11 is 0. The Hall–Kier alpha value is -2.30. The smallest absolute Gasteiger partial charge is 0.308 e. The molecular weight excluding hydrogens is 282 g/mol. The molecule has 0 saturated carbocycles. The van der Waals surface area contributed by atoms with Gasteiger partial charge in [-0.25, -0.2) is 0 Å². The maximum atomic E-state index is 12.3. The fourth-order valence-corrected chi connectivity index (χ4v) is 2.61. The van der Waals surface area contributed by atoms with Gasteiger partial charge in [-0.3, -0.25) is 9.59 Å². The number of methoxy groups -OCH3 is 1. The molecule has 1 saturated heterocycles. The van der Waals surface area contributed by atoms with Crippen LogP contribution in [0.1, 0.15) is 25.3 Å². The molecule has 1 unspecified atom stereocenters. The maximum absolute atomic E-state index is 12.3. The summed E-state index contributed by atoms with van der Waals surface area (Å²) in [6.45, 7) is 2.77. The summed E-state index contributed by atoms with van der Waals surface area (Å²) < 4.78 is 5.18. The molecule has 2 rings (SSSR count). The van der Waals surface area contributed by atoms with Crippen molar-refractivity contribution in [1.29, 1.82) is 0 Å². The first-order chi connectivity index (χ1) is 10.5. The SMILES string of the molecule is COc1cccc(/C(C)=C/C(=O)N2CCCC(C(=O)O)C2)c1. The number of carbonyl (C=O) groups excluding carboxylic acids is 1. The van der Waals surface area contributed by atoms with E-state index in [1.807, 2.05) is 31.2 Å². The predicted octanol–water partition coefficient (Wildman–Crippen LogP) is 2.42. The number of allylic oxidation sites excluding steroid dienone is 1. The highest BCUT2D eigenvalue weighted by atomic mass is 16.5. The highest BCUT2D eigenvalue weighted by Crippen LogP contribution is 2.21. The predicted molar refractivity (Wildman–Crippen MR) is 83.6 cm³/mol. The summed E-state index contributed by atoms with van der Waals surface area (Å²) in [6, 6.07) is 7.51. The second-order valence-corrected chi connectivity index (χ2v) is 5.52. The van der Waals surface area contributed by atoms with Crippen molar-refractivity contribution < 1.29 is 19.4 Å². The molecule has 5 nitrogen and oxygen atoms in total. The monoisotopic (exact) mass is 303 g/mol. The van der Waals surface area contributed by atoms with Gasteiger partial charge in [0.25, 0.3) is 0 Å². The third kappa shape index (κ3) is 3.87. The van der Waals surface area contributed by atoms with E-state index in [4.69, 9.17) is 9.84 Å². The molecule has 1 aromatic rings. The summed E-state index contributed by atoms with van der Waals surface area (Å²) in [5.74, 6) is -0.679. The van der Waals surface area contributed by atoms with E-state index in [9.17, 15) is 9.59 Å². The molecule has 22 heavy (non-hydrogen) atoms. The Morgan fingerprint density at radius 2 is 2.18 bits per heavy atom. The Morgan fingerprint density at radius 1 is 1.41 bits per heavy atom. The second-order valence-electron chi connectivity index (χ2n) is 5.52. The lowest BCUT2D eigenvalue weighted by molar-refractivity contribution is -0.144. The molecular formula is C17H21NO4. The maximum Gasteiger partial charge on any atom is 0.308 e. The van der Waals surface area contributed by atoms with Crippen LogP contribution in [0.15, 0.2) is 30.3 Å². The molecule has 1 N–H and O–H groups in total. The van der Waals surface area contributed by atoms with Gasteiger partial charge in [-0.1, -0.05) is 12.1 Å². The first-order valence-electron chi connectivity index (χ1n) is 7.35. The van der Waals surface area contributed by atoms with Gasteiger partial charge in [0.15, 0.2) is 0 Å². The second kappa shape index (κ2) is 7.11. The molecule has 0 aliphatic carbocycles. The number of nitrogens with zero attached hydrogens (tertiary/aromatic N) is 1. The third-order valence-corrected chi connectivity index (χ3v) is 3.95. The lowest BCUT2D eigenvalue weighted by atomic mass is 9.98. The number of hydrogen-bond donors (Lipinski definition) is 1. The molecule has 0 aromatic heterocycles. The van der Waals surface area contributed by atoms with Crippen molar-refractivity contribution in [2.75, 3.05) is 20.2 Å². The number of piperidine rings is 1. The zero-order valence-corrected chi connectivity index (χ0v) is 12.9. The van der Waals surface area contributed by atoms with Crippen LogP contribution in [0, 0.1) is 5.92 Å². The fourth-order valence-electron chi connectivity index (χ4n) is 2.61. The van der Waals surface area contributed by atoms with Crippen molar-refractivity contribution in [2.45, 2.75) is 19.8 Å². The number of hydrogen-bond acceptors (Lipinski definition) is 3. The quantitative estimate of drug-likeness (QED) is 0.868. The Bertz CT molecular complexity index is 594. The number of ether oxygens (including phenoxy) is 1. The van der Waals surface area contributed by atoms with Gasteiger partial charge < -0.3 is 14.7 Å². The van der Waals surface area contributed by atoms with Crippen molar-refractivity contribution in [3.05, 3.63) is 35.9 Å². The van der Waals surface area contributed by atoms with E-state index in [-0.39, 0.29) is 12.5 Å². The van der Waals surface area contributed by atoms with Crippen LogP contribution in [0.5, 0.6) is 5.75 Å². The number of carboxylic acid groups (broad SMARTS) is 1. The summed E-state index contributed by atoms with van der Waals surface area (Å²) in [6.07, 6.45) is 2.94. The van der Waals surface area contributed by atoms with E-state index in [0.29, 0.717) is 13.0 Å². The molecule has 0 radical (unpaired) electrons. The van der Waals surface area contributed by atoms with Gasteiger partial charge in [0.05, 0.1) is 13.0 Å². The van der Waals surface area contributed by atoms with Crippen molar-refractivity contribution in [3.8, 4) is 5.75 Å². The minimum absolute atomic E-state index is 0.133. The third-order valence-electron chi connectivity index (χ3n) is 3.95. The molecule has 5 heteroatoms. The van der Waals surface area contributed by atoms with Crippen LogP contribution in [-0.2, 0) is 9.59 Å². The van der Waals surface area contributed by atoms with Crippen molar-refractivity contribution >= 4 is 17.4 Å². The van der Waals surface area contributed by atoms with Crippen LogP contribution >= 0.6 is 0 Å². The molecule has 1 aromatic carbocycles. The van der Waals surface area contributed by atoms with Crippen LogP contribution in [0.25, 0.3) is 5.57 Å². The Balaban J connectivity index is 2.10.